The van der Waals surface area contributed by atoms with Crippen LogP contribution in [0.25, 0.3) is 5.69 Å². The van der Waals surface area contributed by atoms with Crippen LogP contribution in [0, 0.1) is 5.82 Å². The number of amides is 2. The van der Waals surface area contributed by atoms with E-state index in [-0.39, 0.29) is 34.9 Å². The predicted octanol–water partition coefficient (Wildman–Crippen LogP) is 5.15. The summed E-state index contributed by atoms with van der Waals surface area (Å²) in [4.78, 5) is 25.2. The van der Waals surface area contributed by atoms with E-state index in [0.717, 1.165) is 23.9 Å². The molecule has 2 amide bonds. The Morgan fingerprint density at radius 2 is 1.81 bits per heavy atom. The van der Waals surface area contributed by atoms with E-state index < -0.39 is 23.5 Å². The van der Waals surface area contributed by atoms with Crippen LogP contribution in [0.1, 0.15) is 21.1 Å². The fourth-order valence-corrected chi connectivity index (χ4v) is 4.51. The number of nitrogens with one attached hydrogen (secondary N) is 2. The van der Waals surface area contributed by atoms with Crippen molar-refractivity contribution in [1.29, 1.82) is 0 Å². The van der Waals surface area contributed by atoms with Gasteiger partial charge in [-0.05, 0) is 53.9 Å². The maximum Gasteiger partial charge on any atom is 0.416 e. The molecule has 0 aliphatic carbocycles. The molecule has 0 saturated carbocycles. The highest BCUT2D eigenvalue weighted by atomic mass is 32.2. The SMILES string of the molecule is O=C(CSc1nnc(CNC(=O)c2cccs2)n1-c1cccc(C(F)(F)F)c1)Nc1ccc(F)cc1. The summed E-state index contributed by atoms with van der Waals surface area (Å²) in [6, 6.07) is 13.1. The number of rotatable bonds is 8. The lowest BCUT2D eigenvalue weighted by Crippen LogP contribution is -2.24. The maximum absolute atomic E-state index is 13.3. The van der Waals surface area contributed by atoms with E-state index in [2.05, 4.69) is 20.8 Å². The van der Waals surface area contributed by atoms with Gasteiger partial charge in [0.25, 0.3) is 5.91 Å². The number of hydrogen-bond donors (Lipinski definition) is 2. The Bertz CT molecular complexity index is 1360. The van der Waals surface area contributed by atoms with Gasteiger partial charge in [-0.15, -0.1) is 21.5 Å². The maximum atomic E-state index is 13.3. The van der Waals surface area contributed by atoms with Crippen LogP contribution < -0.4 is 10.6 Å². The normalized spacial score (nSPS) is 11.3. The van der Waals surface area contributed by atoms with Gasteiger partial charge in [0.1, 0.15) is 5.82 Å². The number of anilines is 1. The van der Waals surface area contributed by atoms with E-state index in [4.69, 9.17) is 0 Å². The fraction of sp³-hybridized carbons (Fsp3) is 0.130. The van der Waals surface area contributed by atoms with Gasteiger partial charge in [0, 0.05) is 5.69 Å². The molecule has 7 nitrogen and oxygen atoms in total. The predicted molar refractivity (Wildman–Crippen MR) is 128 cm³/mol. The quantitative estimate of drug-likeness (QED) is 0.241. The van der Waals surface area contributed by atoms with Gasteiger partial charge < -0.3 is 10.6 Å². The van der Waals surface area contributed by atoms with Crippen molar-refractivity contribution < 1.29 is 27.2 Å². The van der Waals surface area contributed by atoms with Crippen molar-refractivity contribution in [2.45, 2.75) is 17.9 Å². The summed E-state index contributed by atoms with van der Waals surface area (Å²) in [6.07, 6.45) is -4.57. The summed E-state index contributed by atoms with van der Waals surface area (Å²) in [7, 11) is 0. The minimum Gasteiger partial charge on any atom is -0.344 e. The number of thioether (sulfide) groups is 1. The van der Waals surface area contributed by atoms with E-state index in [1.54, 1.807) is 17.5 Å². The van der Waals surface area contributed by atoms with E-state index in [9.17, 15) is 27.2 Å². The second-order valence-corrected chi connectivity index (χ2v) is 9.18. The van der Waals surface area contributed by atoms with E-state index in [1.807, 2.05) is 0 Å². The third-order valence-electron chi connectivity index (χ3n) is 4.74. The summed E-state index contributed by atoms with van der Waals surface area (Å²) in [6.45, 7) is -0.109. The molecule has 0 aliphatic heterocycles. The molecule has 0 bridgehead atoms. The summed E-state index contributed by atoms with van der Waals surface area (Å²) in [5, 5.41) is 15.2. The molecule has 2 heterocycles. The first-order chi connectivity index (χ1) is 17.2. The van der Waals surface area contributed by atoms with E-state index in [1.165, 1.54) is 52.3 Å². The largest absolute Gasteiger partial charge is 0.416 e. The Morgan fingerprint density at radius 1 is 1.03 bits per heavy atom. The Labute approximate surface area is 210 Å². The number of carbonyl (C=O) groups is 2. The number of aromatic nitrogens is 3. The molecule has 36 heavy (non-hydrogen) atoms. The molecule has 0 saturated heterocycles. The summed E-state index contributed by atoms with van der Waals surface area (Å²) >= 11 is 2.19. The molecular weight excluding hydrogens is 518 g/mol. The molecule has 4 aromatic rings. The van der Waals surface area contributed by atoms with Crippen molar-refractivity contribution in [1.82, 2.24) is 20.1 Å². The molecule has 0 unspecified atom stereocenters. The van der Waals surface area contributed by atoms with Crippen LogP contribution in [0.15, 0.2) is 71.2 Å². The van der Waals surface area contributed by atoms with E-state index >= 15 is 0 Å². The minimum atomic E-state index is -4.57. The first-order valence-electron chi connectivity index (χ1n) is 10.3. The second-order valence-electron chi connectivity index (χ2n) is 7.29. The van der Waals surface area contributed by atoms with Crippen molar-refractivity contribution >= 4 is 40.6 Å². The molecule has 2 aromatic carbocycles. The highest BCUT2D eigenvalue weighted by molar-refractivity contribution is 7.99. The second kappa shape index (κ2) is 10.9. The zero-order valence-corrected chi connectivity index (χ0v) is 19.9. The van der Waals surface area contributed by atoms with Crippen molar-refractivity contribution in [3.8, 4) is 5.69 Å². The number of thiophene rings is 1. The number of alkyl halides is 3. The number of benzene rings is 2. The van der Waals surface area contributed by atoms with Crippen molar-refractivity contribution in [3.63, 3.8) is 0 Å². The van der Waals surface area contributed by atoms with Crippen molar-refractivity contribution in [2.75, 3.05) is 11.1 Å². The number of halogens is 4. The van der Waals surface area contributed by atoms with Crippen LogP contribution in [-0.2, 0) is 17.5 Å². The third kappa shape index (κ3) is 6.29. The van der Waals surface area contributed by atoms with Gasteiger partial charge in [-0.2, -0.15) is 13.2 Å². The number of nitrogens with zero attached hydrogens (tertiary/aromatic N) is 3. The first kappa shape index (κ1) is 25.4. The van der Waals surface area contributed by atoms with Crippen LogP contribution in [-0.4, -0.2) is 32.3 Å². The Morgan fingerprint density at radius 3 is 2.50 bits per heavy atom. The molecule has 2 aromatic heterocycles. The third-order valence-corrected chi connectivity index (χ3v) is 6.54. The molecule has 0 spiro atoms. The Kier molecular flexibility index (Phi) is 7.70. The van der Waals surface area contributed by atoms with Crippen LogP contribution in [0.2, 0.25) is 0 Å². The Hall–Kier alpha value is -3.71. The van der Waals surface area contributed by atoms with Crippen LogP contribution in [0.5, 0.6) is 0 Å². The Balaban J connectivity index is 1.56. The van der Waals surface area contributed by atoms with Gasteiger partial charge in [-0.1, -0.05) is 23.9 Å². The van der Waals surface area contributed by atoms with E-state index in [0.29, 0.717) is 10.6 Å². The highest BCUT2D eigenvalue weighted by Gasteiger charge is 2.31. The van der Waals surface area contributed by atoms with Gasteiger partial charge >= 0.3 is 6.18 Å². The first-order valence-corrected chi connectivity index (χ1v) is 12.2. The topological polar surface area (TPSA) is 88.9 Å². The fourth-order valence-electron chi connectivity index (χ4n) is 3.10. The summed E-state index contributed by atoms with van der Waals surface area (Å²) < 4.78 is 54.4. The monoisotopic (exact) mass is 535 g/mol. The lowest BCUT2D eigenvalue weighted by molar-refractivity contribution is -0.137. The van der Waals surface area contributed by atoms with Crippen LogP contribution in [0.4, 0.5) is 23.2 Å². The molecule has 186 valence electrons. The molecule has 4 rings (SSSR count). The van der Waals surface area contributed by atoms with Gasteiger partial charge in [0.15, 0.2) is 11.0 Å². The molecule has 0 aliphatic rings. The van der Waals surface area contributed by atoms with Crippen molar-refractivity contribution in [2.24, 2.45) is 0 Å². The summed E-state index contributed by atoms with van der Waals surface area (Å²) in [5.74, 6) is -1.21. The average molecular weight is 536 g/mol. The van der Waals surface area contributed by atoms with Gasteiger partial charge in [0.05, 0.1) is 28.4 Å². The molecule has 0 atom stereocenters. The lowest BCUT2D eigenvalue weighted by Gasteiger charge is -2.13. The lowest BCUT2D eigenvalue weighted by atomic mass is 10.2. The van der Waals surface area contributed by atoms with Gasteiger partial charge in [0.2, 0.25) is 5.91 Å². The summed E-state index contributed by atoms with van der Waals surface area (Å²) in [5.41, 5.74) is -0.359. The molecule has 2 N–H and O–H groups in total. The zero-order valence-electron chi connectivity index (χ0n) is 18.3. The van der Waals surface area contributed by atoms with Crippen molar-refractivity contribution in [3.05, 3.63) is 88.1 Å². The van der Waals surface area contributed by atoms with Crippen LogP contribution >= 0.6 is 23.1 Å². The minimum absolute atomic E-state index is 0.109. The molecule has 13 heteroatoms. The van der Waals surface area contributed by atoms with Gasteiger partial charge in [-0.3, -0.25) is 14.2 Å². The molecule has 0 fully saturated rings. The standard InChI is InChI=1S/C23H17F4N5O2S2/c24-15-6-8-16(9-7-15)29-20(33)13-36-22-31-30-19(12-28-21(34)18-5-2-10-35-18)32(22)17-4-1-3-14(11-17)23(25,26)27/h1-11H,12-13H2,(H,28,34)(H,29,33). The molecular formula is C23H17F4N5O2S2. The molecule has 0 radical (unpaired) electrons. The highest BCUT2D eigenvalue weighted by Crippen LogP contribution is 2.31. The van der Waals surface area contributed by atoms with Crippen LogP contribution in [0.3, 0.4) is 0 Å². The van der Waals surface area contributed by atoms with Gasteiger partial charge in [-0.25, -0.2) is 4.39 Å². The smallest absolute Gasteiger partial charge is 0.344 e. The zero-order chi connectivity index (χ0) is 25.7. The number of hydrogen-bond acceptors (Lipinski definition) is 6. The number of carbonyl (C=O) groups excluding carboxylic acids is 2. The average Bonchev–Trinajstić information content (AvgIpc) is 3.53.